The molecule has 2 nitrogen and oxygen atoms in total. The number of aryl methyl sites for hydroxylation is 1. The van der Waals surface area contributed by atoms with Crippen molar-refractivity contribution in [2.45, 2.75) is 6.92 Å². The van der Waals surface area contributed by atoms with Crippen LogP contribution in [0.3, 0.4) is 0 Å². The second-order valence-electron chi connectivity index (χ2n) is 3.95. The summed E-state index contributed by atoms with van der Waals surface area (Å²) in [6.45, 7) is 1.98. The molecule has 0 saturated heterocycles. The van der Waals surface area contributed by atoms with E-state index in [1.54, 1.807) is 0 Å². The van der Waals surface area contributed by atoms with E-state index in [2.05, 4.69) is 43.8 Å². The van der Waals surface area contributed by atoms with Crippen molar-refractivity contribution in [2.24, 2.45) is 0 Å². The highest BCUT2D eigenvalue weighted by Gasteiger charge is 2.06. The summed E-state index contributed by atoms with van der Waals surface area (Å²) in [6.07, 6.45) is 0. The highest BCUT2D eigenvalue weighted by Crippen LogP contribution is 2.33. The lowest BCUT2D eigenvalue weighted by molar-refractivity contribution is 1.42. The highest BCUT2D eigenvalue weighted by atomic mass is 127. The van der Waals surface area contributed by atoms with E-state index in [0.29, 0.717) is 0 Å². The molecule has 0 radical (unpaired) electrons. The van der Waals surface area contributed by atoms with Gasteiger partial charge in [0.05, 0.1) is 11.4 Å². The van der Waals surface area contributed by atoms with Crippen LogP contribution in [0.5, 0.6) is 0 Å². The Bertz CT molecular complexity index is 602. The van der Waals surface area contributed by atoms with Gasteiger partial charge in [0.1, 0.15) is 0 Å². The predicted molar refractivity (Wildman–Crippen MR) is 90.7 cm³/mol. The smallest absolute Gasteiger partial charge is 0.0544 e. The number of halogens is 3. The van der Waals surface area contributed by atoms with Crippen molar-refractivity contribution >= 4 is 67.2 Å². The van der Waals surface area contributed by atoms with Crippen LogP contribution in [-0.2, 0) is 0 Å². The fourth-order valence-corrected chi connectivity index (χ4v) is 2.91. The number of nitrogens with one attached hydrogen (secondary N) is 1. The molecular weight excluding hydrogens is 426 g/mol. The third-order valence-electron chi connectivity index (χ3n) is 2.51. The molecule has 0 aliphatic heterocycles. The topological polar surface area (TPSA) is 38.0 Å². The minimum atomic E-state index is 0.742. The fourth-order valence-electron chi connectivity index (χ4n) is 1.52. The normalized spacial score (nSPS) is 10.4. The zero-order chi connectivity index (χ0) is 13.3. The Kier molecular flexibility index (Phi) is 4.40. The summed E-state index contributed by atoms with van der Waals surface area (Å²) in [5, 5.41) is 4.08. The van der Waals surface area contributed by atoms with Crippen LogP contribution in [0.2, 0.25) is 5.02 Å². The molecule has 2 aromatic rings. The van der Waals surface area contributed by atoms with Crippen molar-refractivity contribution < 1.29 is 0 Å². The van der Waals surface area contributed by atoms with Gasteiger partial charge in [0.2, 0.25) is 0 Å². The zero-order valence-corrected chi connectivity index (χ0v) is 14.1. The van der Waals surface area contributed by atoms with Crippen molar-refractivity contribution in [1.82, 2.24) is 0 Å². The van der Waals surface area contributed by atoms with E-state index >= 15 is 0 Å². The molecule has 2 aromatic carbocycles. The summed E-state index contributed by atoms with van der Waals surface area (Å²) in [7, 11) is 0. The fraction of sp³-hybridized carbons (Fsp3) is 0.0769. The second kappa shape index (κ2) is 5.67. The van der Waals surface area contributed by atoms with E-state index in [4.69, 9.17) is 17.3 Å². The van der Waals surface area contributed by atoms with Crippen LogP contribution in [0.15, 0.2) is 34.8 Å². The Labute approximate surface area is 133 Å². The van der Waals surface area contributed by atoms with Gasteiger partial charge in [0, 0.05) is 18.8 Å². The summed E-state index contributed by atoms with van der Waals surface area (Å²) in [5.41, 5.74) is 9.47. The third kappa shape index (κ3) is 3.10. The molecule has 0 spiro atoms. The summed E-state index contributed by atoms with van der Waals surface area (Å²) < 4.78 is 2.05. The number of nitrogens with two attached hydrogens (primary N) is 1. The van der Waals surface area contributed by atoms with Gasteiger partial charge in [0.25, 0.3) is 0 Å². The average Bonchev–Trinajstić information content (AvgIpc) is 2.29. The maximum absolute atomic E-state index is 6.13. The van der Waals surface area contributed by atoms with Gasteiger partial charge in [-0.05, 0) is 81.3 Å². The number of rotatable bonds is 2. The summed E-state index contributed by atoms with van der Waals surface area (Å²) in [6, 6.07) is 9.65. The first-order chi connectivity index (χ1) is 8.47. The lowest BCUT2D eigenvalue weighted by Crippen LogP contribution is -1.96. The van der Waals surface area contributed by atoms with Crippen molar-refractivity contribution in [2.75, 3.05) is 11.1 Å². The molecule has 0 unspecified atom stereocenters. The van der Waals surface area contributed by atoms with Crippen LogP contribution in [0.25, 0.3) is 0 Å². The van der Waals surface area contributed by atoms with Gasteiger partial charge < -0.3 is 11.1 Å². The standard InChI is InChI=1S/C13H11BrClIN2/c1-7-4-9(14)13(6-10(7)15)18-12-3-2-8(17)5-11(12)16/h2-6,18H,17H2,1H3. The first-order valence-corrected chi connectivity index (χ1v) is 7.50. The summed E-state index contributed by atoms with van der Waals surface area (Å²) >= 11 is 11.9. The van der Waals surface area contributed by atoms with Gasteiger partial charge in [-0.2, -0.15) is 0 Å². The van der Waals surface area contributed by atoms with E-state index < -0.39 is 0 Å². The van der Waals surface area contributed by atoms with Crippen LogP contribution < -0.4 is 11.1 Å². The van der Waals surface area contributed by atoms with Gasteiger partial charge in [0.15, 0.2) is 0 Å². The van der Waals surface area contributed by atoms with Gasteiger partial charge in [-0.3, -0.25) is 0 Å². The average molecular weight is 438 g/mol. The van der Waals surface area contributed by atoms with Gasteiger partial charge in [-0.1, -0.05) is 11.6 Å². The van der Waals surface area contributed by atoms with Crippen LogP contribution in [0, 0.1) is 10.5 Å². The first-order valence-electron chi connectivity index (χ1n) is 5.25. The van der Waals surface area contributed by atoms with E-state index in [9.17, 15) is 0 Å². The Morgan fingerprint density at radius 3 is 2.61 bits per heavy atom. The lowest BCUT2D eigenvalue weighted by atomic mass is 10.2. The van der Waals surface area contributed by atoms with Crippen molar-refractivity contribution in [1.29, 1.82) is 0 Å². The Morgan fingerprint density at radius 2 is 1.94 bits per heavy atom. The molecule has 0 fully saturated rings. The molecular formula is C13H11BrClIN2. The van der Waals surface area contributed by atoms with Crippen molar-refractivity contribution in [3.63, 3.8) is 0 Å². The zero-order valence-electron chi connectivity index (χ0n) is 9.60. The second-order valence-corrected chi connectivity index (χ2v) is 6.37. The SMILES string of the molecule is Cc1cc(Br)c(Nc2ccc(N)cc2I)cc1Cl. The maximum Gasteiger partial charge on any atom is 0.0544 e. The largest absolute Gasteiger partial charge is 0.399 e. The molecule has 0 amide bonds. The summed E-state index contributed by atoms with van der Waals surface area (Å²) in [4.78, 5) is 0. The van der Waals surface area contributed by atoms with Crippen LogP contribution >= 0.6 is 50.1 Å². The lowest BCUT2D eigenvalue weighted by Gasteiger charge is -2.12. The van der Waals surface area contributed by atoms with Crippen LogP contribution in [0.4, 0.5) is 17.1 Å². The monoisotopic (exact) mass is 436 g/mol. The van der Waals surface area contributed by atoms with Gasteiger partial charge in [-0.25, -0.2) is 0 Å². The molecule has 0 aliphatic rings. The minimum absolute atomic E-state index is 0.742. The molecule has 3 N–H and O–H groups in total. The number of anilines is 3. The number of hydrogen-bond donors (Lipinski definition) is 2. The number of benzene rings is 2. The van der Waals surface area contributed by atoms with E-state index in [1.807, 2.05) is 37.3 Å². The Morgan fingerprint density at radius 1 is 1.22 bits per heavy atom. The summed E-state index contributed by atoms with van der Waals surface area (Å²) in [5.74, 6) is 0. The molecule has 0 aliphatic carbocycles. The van der Waals surface area contributed by atoms with Gasteiger partial charge in [-0.15, -0.1) is 0 Å². The molecule has 0 atom stereocenters. The molecule has 2 rings (SSSR count). The molecule has 0 heterocycles. The molecule has 0 aromatic heterocycles. The van der Waals surface area contributed by atoms with Crippen LogP contribution in [0.1, 0.15) is 5.56 Å². The van der Waals surface area contributed by atoms with Crippen molar-refractivity contribution in [3.8, 4) is 0 Å². The Hall–Kier alpha value is -0.460. The first kappa shape index (κ1) is 14.0. The van der Waals surface area contributed by atoms with E-state index in [0.717, 1.165) is 35.7 Å². The molecule has 18 heavy (non-hydrogen) atoms. The van der Waals surface area contributed by atoms with E-state index in [-0.39, 0.29) is 0 Å². The van der Waals surface area contributed by atoms with Gasteiger partial charge >= 0.3 is 0 Å². The minimum Gasteiger partial charge on any atom is -0.399 e. The number of hydrogen-bond acceptors (Lipinski definition) is 2. The van der Waals surface area contributed by atoms with Crippen molar-refractivity contribution in [3.05, 3.63) is 49.0 Å². The van der Waals surface area contributed by atoms with Crippen LogP contribution in [-0.4, -0.2) is 0 Å². The molecule has 5 heteroatoms. The highest BCUT2D eigenvalue weighted by molar-refractivity contribution is 14.1. The predicted octanol–water partition coefficient (Wildman–Crippen LogP) is 5.34. The molecule has 94 valence electrons. The molecule has 0 bridgehead atoms. The molecule has 0 saturated carbocycles. The third-order valence-corrected chi connectivity index (χ3v) is 4.47. The quantitative estimate of drug-likeness (QED) is 0.492. The maximum atomic E-state index is 6.13. The Balaban J connectivity index is 2.37. The number of nitrogen functional groups attached to an aromatic ring is 1. The van der Waals surface area contributed by atoms with E-state index in [1.165, 1.54) is 0 Å².